The maximum Gasteiger partial charge on any atom is 0.306 e. The van der Waals surface area contributed by atoms with Crippen LogP contribution in [0, 0.1) is 0 Å². The Kier molecular flexibility index (Phi) is 42.5. The van der Waals surface area contributed by atoms with Crippen LogP contribution in [0.3, 0.4) is 0 Å². The summed E-state index contributed by atoms with van der Waals surface area (Å²) in [6, 6.07) is 0. The van der Waals surface area contributed by atoms with E-state index in [-0.39, 0.29) is 25.2 Å². The van der Waals surface area contributed by atoms with E-state index in [1.54, 1.807) is 0 Å². The molecule has 0 aromatic carbocycles. The summed E-state index contributed by atoms with van der Waals surface area (Å²) in [5.74, 6) is -0.632. The van der Waals surface area contributed by atoms with Crippen molar-refractivity contribution in [2.24, 2.45) is 0 Å². The highest BCUT2D eigenvalue weighted by Gasteiger charge is 2.16. The zero-order valence-corrected chi connectivity index (χ0v) is 35.2. The average Bonchev–Trinajstić information content (AvgIpc) is 3.17. The first-order valence-corrected chi connectivity index (χ1v) is 22.5. The zero-order chi connectivity index (χ0) is 39.3. The van der Waals surface area contributed by atoms with E-state index in [2.05, 4.69) is 86.8 Å². The molecule has 0 aromatic rings. The van der Waals surface area contributed by atoms with Crippen LogP contribution in [-0.4, -0.2) is 36.4 Å². The summed E-state index contributed by atoms with van der Waals surface area (Å²) in [5.41, 5.74) is 0. The Labute approximate surface area is 333 Å². The van der Waals surface area contributed by atoms with Crippen LogP contribution in [0.5, 0.6) is 0 Å². The SMILES string of the molecule is CC/C=C\C/C=C\C/C=C\C/C=C\C/C=C\CCCCCC(=O)OC(CO)COC(=O)CCCCCCCCCCC/C=C\CCCCCCCCCC. The maximum absolute atomic E-state index is 12.2. The smallest absolute Gasteiger partial charge is 0.306 e. The predicted octanol–water partition coefficient (Wildman–Crippen LogP) is 14.5. The zero-order valence-electron chi connectivity index (χ0n) is 35.2. The monoisotopic (exact) mass is 753 g/mol. The van der Waals surface area contributed by atoms with Crippen molar-refractivity contribution in [1.82, 2.24) is 0 Å². The van der Waals surface area contributed by atoms with Crippen LogP contribution < -0.4 is 0 Å². The van der Waals surface area contributed by atoms with E-state index in [4.69, 9.17) is 9.47 Å². The molecule has 0 rings (SSSR count). The van der Waals surface area contributed by atoms with E-state index in [0.717, 1.165) is 77.0 Å². The lowest BCUT2D eigenvalue weighted by atomic mass is 10.1. The minimum absolute atomic E-state index is 0.0831. The van der Waals surface area contributed by atoms with Crippen LogP contribution in [0.4, 0.5) is 0 Å². The molecule has 0 spiro atoms. The van der Waals surface area contributed by atoms with Gasteiger partial charge in [0, 0.05) is 12.8 Å². The molecule has 0 bridgehead atoms. The second-order valence-electron chi connectivity index (χ2n) is 14.7. The number of unbranched alkanes of at least 4 members (excludes halogenated alkanes) is 20. The highest BCUT2D eigenvalue weighted by atomic mass is 16.6. The standard InChI is InChI=1S/C49H84O5/c1-3-5-7-9-11-13-15-17-19-21-23-24-26-27-29-31-33-35-37-39-41-43-48(51)53-46-47(45-50)54-49(52)44-42-40-38-36-34-32-30-28-25-22-20-18-16-14-12-10-8-6-4-2/h6,8,12,14,18,20-21,23,25,28,32,34,47,50H,3-5,7,9-11,13,15-17,19,22,24,26-27,29-31,33,35-46H2,1-2H3/b8-6-,14-12-,20-18-,23-21-,28-25-,34-32-. The number of hydrogen-bond donors (Lipinski definition) is 1. The number of hydrogen-bond acceptors (Lipinski definition) is 5. The number of allylic oxidation sites excluding steroid dienone is 12. The third-order valence-corrected chi connectivity index (χ3v) is 9.48. The second-order valence-corrected chi connectivity index (χ2v) is 14.7. The van der Waals surface area contributed by atoms with Crippen LogP contribution >= 0.6 is 0 Å². The van der Waals surface area contributed by atoms with E-state index in [1.165, 1.54) is 103 Å². The highest BCUT2D eigenvalue weighted by molar-refractivity contribution is 5.70. The molecule has 0 aliphatic carbocycles. The van der Waals surface area contributed by atoms with E-state index in [1.807, 2.05) is 0 Å². The van der Waals surface area contributed by atoms with E-state index in [0.29, 0.717) is 12.8 Å². The molecule has 0 saturated heterocycles. The lowest BCUT2D eigenvalue weighted by Gasteiger charge is -2.15. The average molecular weight is 753 g/mol. The van der Waals surface area contributed by atoms with Crippen molar-refractivity contribution < 1.29 is 24.2 Å². The van der Waals surface area contributed by atoms with Gasteiger partial charge in [0.2, 0.25) is 0 Å². The fraction of sp³-hybridized carbons (Fsp3) is 0.714. The van der Waals surface area contributed by atoms with Gasteiger partial charge in [-0.25, -0.2) is 0 Å². The van der Waals surface area contributed by atoms with Gasteiger partial charge in [-0.1, -0.05) is 183 Å². The van der Waals surface area contributed by atoms with Gasteiger partial charge in [-0.3, -0.25) is 9.59 Å². The second kappa shape index (κ2) is 44.7. The van der Waals surface area contributed by atoms with Crippen molar-refractivity contribution >= 4 is 11.9 Å². The molecule has 54 heavy (non-hydrogen) atoms. The van der Waals surface area contributed by atoms with Gasteiger partial charge in [-0.2, -0.15) is 0 Å². The first-order valence-electron chi connectivity index (χ1n) is 22.5. The van der Waals surface area contributed by atoms with Crippen molar-refractivity contribution in [2.45, 2.75) is 213 Å². The lowest BCUT2D eigenvalue weighted by molar-refractivity contribution is -0.161. The van der Waals surface area contributed by atoms with Gasteiger partial charge in [0.1, 0.15) is 6.61 Å². The largest absolute Gasteiger partial charge is 0.462 e. The quantitative estimate of drug-likeness (QED) is 0.0383. The predicted molar refractivity (Wildman–Crippen MR) is 233 cm³/mol. The minimum atomic E-state index is -0.793. The van der Waals surface area contributed by atoms with Gasteiger partial charge in [0.25, 0.3) is 0 Å². The first-order chi connectivity index (χ1) is 26.6. The Balaban J connectivity index is 3.60. The molecule has 0 aromatic heterocycles. The Hall–Kier alpha value is -2.66. The third kappa shape index (κ3) is 42.1. The molecule has 1 N–H and O–H groups in total. The highest BCUT2D eigenvalue weighted by Crippen LogP contribution is 2.14. The van der Waals surface area contributed by atoms with E-state index < -0.39 is 6.10 Å². The summed E-state index contributed by atoms with van der Waals surface area (Å²) in [5, 5.41) is 9.59. The number of aliphatic hydroxyl groups is 1. The van der Waals surface area contributed by atoms with Crippen molar-refractivity contribution in [3.05, 3.63) is 72.9 Å². The Morgan fingerprint density at radius 1 is 0.444 bits per heavy atom. The molecule has 1 atom stereocenters. The topological polar surface area (TPSA) is 72.8 Å². The number of rotatable bonds is 40. The molecule has 5 nitrogen and oxygen atoms in total. The molecule has 0 aliphatic heterocycles. The van der Waals surface area contributed by atoms with Crippen LogP contribution in [0.2, 0.25) is 0 Å². The van der Waals surface area contributed by atoms with Gasteiger partial charge < -0.3 is 14.6 Å². The van der Waals surface area contributed by atoms with Gasteiger partial charge in [-0.15, -0.1) is 0 Å². The number of aliphatic hydroxyl groups excluding tert-OH is 1. The lowest BCUT2D eigenvalue weighted by Crippen LogP contribution is -2.28. The molecule has 0 radical (unpaired) electrons. The van der Waals surface area contributed by atoms with Crippen LogP contribution in [0.1, 0.15) is 206 Å². The summed E-state index contributed by atoms with van der Waals surface area (Å²) in [4.78, 5) is 24.4. The Morgan fingerprint density at radius 3 is 1.24 bits per heavy atom. The van der Waals surface area contributed by atoms with Gasteiger partial charge in [0.05, 0.1) is 6.61 Å². The van der Waals surface area contributed by atoms with Crippen molar-refractivity contribution in [2.75, 3.05) is 13.2 Å². The number of carbonyl (C=O) groups excluding carboxylic acids is 2. The maximum atomic E-state index is 12.2. The molecule has 0 fully saturated rings. The van der Waals surface area contributed by atoms with Crippen LogP contribution in [0.25, 0.3) is 0 Å². The molecule has 5 heteroatoms. The molecular weight excluding hydrogens is 669 g/mol. The van der Waals surface area contributed by atoms with E-state index >= 15 is 0 Å². The normalized spacial score (nSPS) is 12.9. The molecule has 310 valence electrons. The minimum Gasteiger partial charge on any atom is -0.462 e. The number of ether oxygens (including phenoxy) is 2. The molecule has 0 heterocycles. The summed E-state index contributed by atoms with van der Waals surface area (Å²) in [6.07, 6.45) is 59.7. The fourth-order valence-electron chi connectivity index (χ4n) is 6.10. The summed E-state index contributed by atoms with van der Waals surface area (Å²) < 4.78 is 10.6. The van der Waals surface area contributed by atoms with Gasteiger partial charge in [0.15, 0.2) is 6.10 Å². The molecule has 0 amide bonds. The van der Waals surface area contributed by atoms with E-state index in [9.17, 15) is 14.7 Å². The van der Waals surface area contributed by atoms with Crippen molar-refractivity contribution in [3.63, 3.8) is 0 Å². The summed E-state index contributed by atoms with van der Waals surface area (Å²) >= 11 is 0. The Morgan fingerprint density at radius 2 is 0.796 bits per heavy atom. The summed E-state index contributed by atoms with van der Waals surface area (Å²) in [6.45, 7) is 4.00. The fourth-order valence-corrected chi connectivity index (χ4v) is 6.10. The third-order valence-electron chi connectivity index (χ3n) is 9.48. The molecule has 0 aliphatic rings. The van der Waals surface area contributed by atoms with Crippen molar-refractivity contribution in [1.29, 1.82) is 0 Å². The summed E-state index contributed by atoms with van der Waals surface area (Å²) in [7, 11) is 0. The van der Waals surface area contributed by atoms with Crippen LogP contribution in [-0.2, 0) is 19.1 Å². The Bertz CT molecular complexity index is 988. The first kappa shape index (κ1) is 51.3. The molecule has 0 saturated carbocycles. The molecule has 1 unspecified atom stereocenters. The number of esters is 2. The number of carbonyl (C=O) groups is 2. The molecular formula is C49H84O5. The van der Waals surface area contributed by atoms with Gasteiger partial charge >= 0.3 is 11.9 Å². The van der Waals surface area contributed by atoms with Crippen LogP contribution in [0.15, 0.2) is 72.9 Å². The van der Waals surface area contributed by atoms with Gasteiger partial charge in [-0.05, 0) is 83.5 Å². The van der Waals surface area contributed by atoms with Crippen molar-refractivity contribution in [3.8, 4) is 0 Å².